The fourth-order valence-corrected chi connectivity index (χ4v) is 10.4. The first-order chi connectivity index (χ1) is 25.9. The largest absolute Gasteiger partial charge is 0.461 e. The van der Waals surface area contributed by atoms with Crippen molar-refractivity contribution in [3.05, 3.63) is 34.1 Å². The van der Waals surface area contributed by atoms with Gasteiger partial charge in [-0.2, -0.15) is 20.2 Å². The average molecular weight is 765 g/mol. The zero-order valence-electron chi connectivity index (χ0n) is 31.1. The number of benzene rings is 1. The van der Waals surface area contributed by atoms with Gasteiger partial charge in [0.2, 0.25) is 0 Å². The Morgan fingerprint density at radius 2 is 1.93 bits per heavy atom. The van der Waals surface area contributed by atoms with Crippen LogP contribution in [0.5, 0.6) is 6.01 Å². The number of aromatic amines is 1. The Morgan fingerprint density at radius 3 is 2.72 bits per heavy atom. The monoisotopic (exact) mass is 764 g/mol. The van der Waals surface area contributed by atoms with Crippen LogP contribution in [0.15, 0.2) is 12.3 Å². The van der Waals surface area contributed by atoms with E-state index in [4.69, 9.17) is 46.0 Å². The molecule has 2 aliphatic carbocycles. The van der Waals surface area contributed by atoms with Crippen LogP contribution < -0.4 is 9.64 Å². The number of β-amino-alcohol motifs (C(OH)–C–C–N with tert-alkyl or cyclic N) is 1. The van der Waals surface area contributed by atoms with Gasteiger partial charge in [0, 0.05) is 58.6 Å². The molecule has 4 aromatic rings. The molecule has 2 N–H and O–H groups in total. The summed E-state index contributed by atoms with van der Waals surface area (Å²) in [7, 11) is 0. The van der Waals surface area contributed by atoms with Gasteiger partial charge in [-0.3, -0.25) is 10.00 Å². The SMILES string of the molecule is CC1(C)c2nc(OC[C@@]34CCCN3C[C@H](F)C4)nc(N3CCOC[C@@](C)(O)C3)c2-c2n[nH]c(-c3c(C4(F)CC4)c(Cl)cc4c3cnn4C3CCCCO3)c21. The van der Waals surface area contributed by atoms with Crippen LogP contribution in [0, 0.1) is 0 Å². The minimum absolute atomic E-state index is 0.185. The van der Waals surface area contributed by atoms with Crippen LogP contribution in [0.3, 0.4) is 0 Å². The molecule has 4 saturated heterocycles. The molecule has 1 unspecified atom stereocenters. The van der Waals surface area contributed by atoms with E-state index in [1.54, 1.807) is 13.1 Å². The van der Waals surface area contributed by atoms with Crippen molar-refractivity contribution in [1.82, 2.24) is 34.8 Å². The normalized spacial score (nSPS) is 30.0. The second kappa shape index (κ2) is 12.3. The molecule has 1 aromatic carbocycles. The third-order valence-corrected chi connectivity index (χ3v) is 13.0. The summed E-state index contributed by atoms with van der Waals surface area (Å²) >= 11 is 7.09. The smallest absolute Gasteiger partial charge is 0.318 e. The van der Waals surface area contributed by atoms with E-state index in [1.165, 1.54) is 0 Å². The van der Waals surface area contributed by atoms with Crippen LogP contribution >= 0.6 is 11.6 Å². The number of rotatable bonds is 7. The lowest BCUT2D eigenvalue weighted by Gasteiger charge is -2.32. The molecule has 0 bridgehead atoms. The summed E-state index contributed by atoms with van der Waals surface area (Å²) in [5.41, 5.74) is 1.59. The van der Waals surface area contributed by atoms with Crippen LogP contribution in [-0.4, -0.2) is 110 Å². The van der Waals surface area contributed by atoms with Crippen molar-refractivity contribution in [1.29, 1.82) is 0 Å². The second-order valence-electron chi connectivity index (χ2n) is 17.3. The molecule has 0 amide bonds. The van der Waals surface area contributed by atoms with E-state index in [-0.39, 0.29) is 37.5 Å². The first-order valence-corrected chi connectivity index (χ1v) is 19.9. The highest BCUT2D eigenvalue weighted by Crippen LogP contribution is 2.60. The summed E-state index contributed by atoms with van der Waals surface area (Å²) in [6.07, 6.45) is 6.57. The van der Waals surface area contributed by atoms with Crippen LogP contribution in [0.25, 0.3) is 33.4 Å². The third-order valence-electron chi connectivity index (χ3n) is 12.7. The van der Waals surface area contributed by atoms with Gasteiger partial charge in [-0.25, -0.2) is 13.5 Å². The second-order valence-corrected chi connectivity index (χ2v) is 17.7. The van der Waals surface area contributed by atoms with Gasteiger partial charge in [-0.05, 0) is 78.3 Å². The zero-order valence-corrected chi connectivity index (χ0v) is 31.8. The molecule has 12 nitrogen and oxygen atoms in total. The van der Waals surface area contributed by atoms with Crippen LogP contribution in [0.2, 0.25) is 5.02 Å². The van der Waals surface area contributed by atoms with Gasteiger partial charge in [0.15, 0.2) is 6.23 Å². The number of H-pyrrole nitrogens is 1. The Balaban J connectivity index is 1.13. The first-order valence-electron chi connectivity index (χ1n) is 19.5. The number of aliphatic hydroxyl groups is 1. The molecule has 4 atom stereocenters. The van der Waals surface area contributed by atoms with Gasteiger partial charge in [-0.1, -0.05) is 11.6 Å². The summed E-state index contributed by atoms with van der Waals surface area (Å²) < 4.78 is 51.6. The number of aromatic nitrogens is 6. The van der Waals surface area contributed by atoms with Crippen LogP contribution in [-0.2, 0) is 20.6 Å². The van der Waals surface area contributed by atoms with Crippen molar-refractivity contribution >= 4 is 28.3 Å². The average Bonchev–Trinajstić information content (AvgIpc) is 3.51. The van der Waals surface area contributed by atoms with Gasteiger partial charge in [0.25, 0.3) is 0 Å². The number of hydrogen-bond acceptors (Lipinski definition) is 10. The molecule has 0 radical (unpaired) electrons. The fraction of sp³-hybridized carbons (Fsp3) is 0.641. The molecule has 1 saturated carbocycles. The molecule has 15 heteroatoms. The van der Waals surface area contributed by atoms with Crippen molar-refractivity contribution in [3.63, 3.8) is 0 Å². The predicted octanol–water partition coefficient (Wildman–Crippen LogP) is 6.38. The van der Waals surface area contributed by atoms with Gasteiger partial charge < -0.3 is 24.2 Å². The predicted molar refractivity (Wildman–Crippen MR) is 199 cm³/mol. The summed E-state index contributed by atoms with van der Waals surface area (Å²) in [5, 5.41) is 25.5. The maximum absolute atomic E-state index is 16.6. The molecule has 3 aromatic heterocycles. The number of halogens is 3. The van der Waals surface area contributed by atoms with E-state index in [9.17, 15) is 9.50 Å². The molecule has 6 aliphatic rings. The van der Waals surface area contributed by atoms with Gasteiger partial charge in [-0.15, -0.1) is 0 Å². The molecule has 54 heavy (non-hydrogen) atoms. The standard InChI is InChI=1S/C39H47ClF2N8O4/c1-36(2)30-31(27-23-17-43-50(26-7-4-5-13-53-26)25(23)15-24(40)29(27)39(42)9-10-39)46-47-32(30)28-33(36)44-35(45-34(28)48-12-14-52-20-37(3,51)19-48)54-21-38-8-6-11-49(38)18-22(41)16-38/h15,17,22,26,51H,4-14,16,18-21H2,1-3H3,(H,46,47)/t22-,26?,37+,38+/m1/s1. The highest BCUT2D eigenvalue weighted by Gasteiger charge is 2.52. The number of fused-ring (bicyclic) bond motifs is 5. The third kappa shape index (κ3) is 5.41. The topological polar surface area (TPSA) is 127 Å². The fourth-order valence-electron chi connectivity index (χ4n) is 10.0. The van der Waals surface area contributed by atoms with Crippen LogP contribution in [0.4, 0.5) is 14.6 Å². The van der Waals surface area contributed by atoms with Crippen molar-refractivity contribution < 1.29 is 28.1 Å². The quantitative estimate of drug-likeness (QED) is 0.219. The van der Waals surface area contributed by atoms with Crippen molar-refractivity contribution in [2.24, 2.45) is 0 Å². The van der Waals surface area contributed by atoms with E-state index in [0.717, 1.165) is 60.7 Å². The maximum Gasteiger partial charge on any atom is 0.318 e. The number of hydrogen-bond donors (Lipinski definition) is 2. The van der Waals surface area contributed by atoms with E-state index in [1.807, 2.05) is 15.6 Å². The van der Waals surface area contributed by atoms with Crippen molar-refractivity contribution in [2.45, 2.75) is 107 Å². The maximum atomic E-state index is 16.6. The van der Waals surface area contributed by atoms with Gasteiger partial charge in [0.1, 0.15) is 35.6 Å². The van der Waals surface area contributed by atoms with E-state index in [0.29, 0.717) is 84.6 Å². The first kappa shape index (κ1) is 35.0. The number of nitrogens with zero attached hydrogens (tertiary/aromatic N) is 7. The summed E-state index contributed by atoms with van der Waals surface area (Å²) in [6, 6.07) is 2.03. The zero-order chi connectivity index (χ0) is 37.2. The lowest BCUT2D eigenvalue weighted by molar-refractivity contribution is -0.0366. The summed E-state index contributed by atoms with van der Waals surface area (Å²) in [5.74, 6) is 0.573. The molecule has 4 aliphatic heterocycles. The Bertz CT molecular complexity index is 2150. The number of anilines is 1. The highest BCUT2D eigenvalue weighted by molar-refractivity contribution is 6.33. The van der Waals surface area contributed by atoms with E-state index in [2.05, 4.69) is 23.8 Å². The Kier molecular flexibility index (Phi) is 7.97. The highest BCUT2D eigenvalue weighted by atomic mass is 35.5. The molecule has 5 fully saturated rings. The van der Waals surface area contributed by atoms with Crippen LogP contribution in [0.1, 0.15) is 95.2 Å². The Labute approximate surface area is 317 Å². The molecule has 0 spiro atoms. The molecular weight excluding hydrogens is 718 g/mol. The van der Waals surface area contributed by atoms with Gasteiger partial charge in [0.05, 0.1) is 54.0 Å². The molecule has 7 heterocycles. The number of ether oxygens (including phenoxy) is 3. The minimum atomic E-state index is -1.58. The number of alkyl halides is 2. The van der Waals surface area contributed by atoms with Crippen molar-refractivity contribution in [3.8, 4) is 28.5 Å². The molecule has 288 valence electrons. The molecule has 10 rings (SSSR count). The Morgan fingerprint density at radius 1 is 1.07 bits per heavy atom. The van der Waals surface area contributed by atoms with E-state index < -0.39 is 22.9 Å². The lowest BCUT2D eigenvalue weighted by atomic mass is 9.82. The molecular formula is C39H47ClF2N8O4. The van der Waals surface area contributed by atoms with Crippen molar-refractivity contribution in [2.75, 3.05) is 57.5 Å². The minimum Gasteiger partial charge on any atom is -0.461 e. The lowest BCUT2D eigenvalue weighted by Crippen LogP contribution is -2.44. The summed E-state index contributed by atoms with van der Waals surface area (Å²) in [6.45, 7) is 9.44. The van der Waals surface area contributed by atoms with Gasteiger partial charge >= 0.3 is 6.01 Å². The number of nitrogens with one attached hydrogen (secondary N) is 1. The summed E-state index contributed by atoms with van der Waals surface area (Å²) in [4.78, 5) is 14.4. The van der Waals surface area contributed by atoms with E-state index >= 15 is 4.39 Å². The Hall–Kier alpha value is -3.43.